The standard InChI is InChI=1S/C15H21F2NO/c1-10(14-9-11(16)3-8-15(14)17)18-12-4-6-13(19-2)7-5-12/h3,8-10,12-13,18H,4-7H2,1-2H3. The second-order valence-electron chi connectivity index (χ2n) is 5.26. The van der Waals surface area contributed by atoms with Crippen molar-refractivity contribution in [3.8, 4) is 0 Å². The van der Waals surface area contributed by atoms with Gasteiger partial charge in [-0.25, -0.2) is 8.78 Å². The number of ether oxygens (including phenoxy) is 1. The smallest absolute Gasteiger partial charge is 0.128 e. The van der Waals surface area contributed by atoms with Crippen molar-refractivity contribution >= 4 is 0 Å². The van der Waals surface area contributed by atoms with Crippen molar-refractivity contribution in [1.29, 1.82) is 0 Å². The molecule has 1 saturated carbocycles. The molecule has 0 spiro atoms. The Labute approximate surface area is 113 Å². The van der Waals surface area contributed by atoms with Gasteiger partial charge in [0.1, 0.15) is 11.6 Å². The molecule has 2 nitrogen and oxygen atoms in total. The van der Waals surface area contributed by atoms with Crippen LogP contribution in [-0.2, 0) is 4.74 Å². The minimum atomic E-state index is -0.395. The number of hydrogen-bond donors (Lipinski definition) is 1. The molecule has 0 heterocycles. The molecule has 2 rings (SSSR count). The number of halogens is 2. The van der Waals surface area contributed by atoms with Crippen LogP contribution in [0.5, 0.6) is 0 Å². The predicted molar refractivity (Wildman–Crippen MR) is 71.0 cm³/mol. The van der Waals surface area contributed by atoms with Gasteiger partial charge in [0, 0.05) is 24.8 Å². The Morgan fingerprint density at radius 2 is 1.89 bits per heavy atom. The van der Waals surface area contributed by atoms with Gasteiger partial charge in [-0.3, -0.25) is 0 Å². The van der Waals surface area contributed by atoms with Gasteiger partial charge in [0.2, 0.25) is 0 Å². The van der Waals surface area contributed by atoms with Gasteiger partial charge in [0.05, 0.1) is 6.10 Å². The van der Waals surface area contributed by atoms with Gasteiger partial charge in [0.15, 0.2) is 0 Å². The highest BCUT2D eigenvalue weighted by Gasteiger charge is 2.23. The van der Waals surface area contributed by atoms with Crippen molar-refractivity contribution < 1.29 is 13.5 Å². The van der Waals surface area contributed by atoms with Crippen LogP contribution in [-0.4, -0.2) is 19.3 Å². The summed E-state index contributed by atoms with van der Waals surface area (Å²) < 4.78 is 32.2. The molecule has 1 aromatic rings. The lowest BCUT2D eigenvalue weighted by molar-refractivity contribution is 0.0613. The summed E-state index contributed by atoms with van der Waals surface area (Å²) in [6, 6.07) is 3.78. The van der Waals surface area contributed by atoms with E-state index in [0.717, 1.165) is 31.7 Å². The molecule has 0 radical (unpaired) electrons. The molecule has 1 N–H and O–H groups in total. The molecule has 0 saturated heterocycles. The van der Waals surface area contributed by atoms with Crippen molar-refractivity contribution in [2.24, 2.45) is 0 Å². The van der Waals surface area contributed by atoms with E-state index in [1.807, 2.05) is 6.92 Å². The van der Waals surface area contributed by atoms with Crippen molar-refractivity contribution in [3.63, 3.8) is 0 Å². The second kappa shape index (κ2) is 6.44. The first-order chi connectivity index (χ1) is 9.10. The van der Waals surface area contributed by atoms with Gasteiger partial charge in [-0.15, -0.1) is 0 Å². The van der Waals surface area contributed by atoms with Crippen molar-refractivity contribution in [1.82, 2.24) is 5.32 Å². The van der Waals surface area contributed by atoms with E-state index in [2.05, 4.69) is 5.32 Å². The van der Waals surface area contributed by atoms with E-state index in [0.29, 0.717) is 17.7 Å². The summed E-state index contributed by atoms with van der Waals surface area (Å²) in [5.41, 5.74) is 0.397. The van der Waals surface area contributed by atoms with Gasteiger partial charge in [-0.1, -0.05) is 0 Å². The minimum absolute atomic E-state index is 0.181. The Morgan fingerprint density at radius 3 is 2.53 bits per heavy atom. The molecule has 1 atom stereocenters. The maximum atomic E-state index is 13.7. The normalized spacial score (nSPS) is 25.3. The third kappa shape index (κ3) is 3.74. The molecule has 106 valence electrons. The van der Waals surface area contributed by atoms with Crippen LogP contribution in [0.1, 0.15) is 44.2 Å². The molecule has 0 bridgehead atoms. The number of methoxy groups -OCH3 is 1. The van der Waals surface area contributed by atoms with Crippen LogP contribution in [0, 0.1) is 11.6 Å². The zero-order chi connectivity index (χ0) is 13.8. The fourth-order valence-electron chi connectivity index (χ4n) is 2.75. The molecule has 4 heteroatoms. The van der Waals surface area contributed by atoms with Crippen LogP contribution in [0.3, 0.4) is 0 Å². The van der Waals surface area contributed by atoms with Crippen LogP contribution in [0.15, 0.2) is 18.2 Å². The lowest BCUT2D eigenvalue weighted by Gasteiger charge is -2.30. The van der Waals surface area contributed by atoms with Gasteiger partial charge in [0.25, 0.3) is 0 Å². The molecule has 1 unspecified atom stereocenters. The van der Waals surface area contributed by atoms with Gasteiger partial charge in [-0.05, 0) is 50.8 Å². The SMILES string of the molecule is COC1CCC(NC(C)c2cc(F)ccc2F)CC1. The van der Waals surface area contributed by atoms with Crippen LogP contribution in [0.4, 0.5) is 8.78 Å². The lowest BCUT2D eigenvalue weighted by Crippen LogP contribution is -2.36. The van der Waals surface area contributed by atoms with Crippen LogP contribution in [0.25, 0.3) is 0 Å². The molecule has 1 aromatic carbocycles. The van der Waals surface area contributed by atoms with E-state index in [4.69, 9.17) is 4.74 Å². The summed E-state index contributed by atoms with van der Waals surface area (Å²) in [6.45, 7) is 1.88. The molecule has 1 aliphatic carbocycles. The molecule has 0 amide bonds. The zero-order valence-electron chi connectivity index (χ0n) is 11.5. The molecule has 0 aliphatic heterocycles. The fraction of sp³-hybridized carbons (Fsp3) is 0.600. The Morgan fingerprint density at radius 1 is 1.21 bits per heavy atom. The Kier molecular flexibility index (Phi) is 4.88. The van der Waals surface area contributed by atoms with Crippen molar-refractivity contribution in [2.75, 3.05) is 7.11 Å². The molecular formula is C15H21F2NO. The quantitative estimate of drug-likeness (QED) is 0.902. The summed E-state index contributed by atoms with van der Waals surface area (Å²) in [5.74, 6) is -0.750. The third-order valence-electron chi connectivity index (χ3n) is 3.92. The number of hydrogen-bond acceptors (Lipinski definition) is 2. The summed E-state index contributed by atoms with van der Waals surface area (Å²) >= 11 is 0. The van der Waals surface area contributed by atoms with E-state index in [1.54, 1.807) is 7.11 Å². The first-order valence-corrected chi connectivity index (χ1v) is 6.84. The topological polar surface area (TPSA) is 21.3 Å². The van der Waals surface area contributed by atoms with Crippen molar-refractivity contribution in [2.45, 2.75) is 50.8 Å². The van der Waals surface area contributed by atoms with Crippen LogP contribution >= 0.6 is 0 Å². The molecule has 19 heavy (non-hydrogen) atoms. The maximum absolute atomic E-state index is 13.7. The first kappa shape index (κ1) is 14.4. The van der Waals surface area contributed by atoms with Crippen molar-refractivity contribution in [3.05, 3.63) is 35.4 Å². The monoisotopic (exact) mass is 269 g/mol. The van der Waals surface area contributed by atoms with Gasteiger partial charge in [-0.2, -0.15) is 0 Å². The Bertz CT molecular complexity index is 417. The second-order valence-corrected chi connectivity index (χ2v) is 5.26. The van der Waals surface area contributed by atoms with Crippen LogP contribution < -0.4 is 5.32 Å². The van der Waals surface area contributed by atoms with E-state index < -0.39 is 5.82 Å². The molecule has 1 fully saturated rings. The zero-order valence-corrected chi connectivity index (χ0v) is 11.5. The number of benzene rings is 1. The average Bonchev–Trinajstić information content (AvgIpc) is 2.42. The van der Waals surface area contributed by atoms with E-state index in [1.165, 1.54) is 12.1 Å². The van der Waals surface area contributed by atoms with Gasteiger partial charge < -0.3 is 10.1 Å². The molecule has 1 aliphatic rings. The van der Waals surface area contributed by atoms with Gasteiger partial charge >= 0.3 is 0 Å². The molecule has 0 aromatic heterocycles. The predicted octanol–water partition coefficient (Wildman–Crippen LogP) is 3.57. The average molecular weight is 269 g/mol. The summed E-state index contributed by atoms with van der Waals surface area (Å²) in [4.78, 5) is 0. The Hall–Kier alpha value is -1.00. The minimum Gasteiger partial charge on any atom is -0.381 e. The fourth-order valence-corrected chi connectivity index (χ4v) is 2.75. The highest BCUT2D eigenvalue weighted by molar-refractivity contribution is 5.22. The van der Waals surface area contributed by atoms with E-state index >= 15 is 0 Å². The van der Waals surface area contributed by atoms with E-state index in [-0.39, 0.29) is 11.9 Å². The largest absolute Gasteiger partial charge is 0.381 e. The summed E-state index contributed by atoms with van der Waals surface area (Å²) in [6.07, 6.45) is 4.41. The lowest BCUT2D eigenvalue weighted by atomic mass is 9.92. The first-order valence-electron chi connectivity index (χ1n) is 6.84. The Balaban J connectivity index is 1.94. The van der Waals surface area contributed by atoms with Crippen LogP contribution in [0.2, 0.25) is 0 Å². The summed E-state index contributed by atoms with van der Waals surface area (Å²) in [7, 11) is 1.74. The highest BCUT2D eigenvalue weighted by atomic mass is 19.1. The van der Waals surface area contributed by atoms with E-state index in [9.17, 15) is 8.78 Å². The maximum Gasteiger partial charge on any atom is 0.128 e. The number of nitrogens with one attached hydrogen (secondary N) is 1. The highest BCUT2D eigenvalue weighted by Crippen LogP contribution is 2.24. The summed E-state index contributed by atoms with van der Waals surface area (Å²) in [5, 5.41) is 3.39. The molecular weight excluding hydrogens is 248 g/mol. The third-order valence-corrected chi connectivity index (χ3v) is 3.92. The number of rotatable bonds is 4.